The molecule has 0 saturated carbocycles. The Hall–Kier alpha value is -3.63. The van der Waals surface area contributed by atoms with Crippen LogP contribution in [0.1, 0.15) is 123 Å². The van der Waals surface area contributed by atoms with E-state index in [2.05, 4.69) is 80.7 Å². The molecular weight excluding hydrogens is 790 g/mol. The zero-order valence-corrected chi connectivity index (χ0v) is 39.1. The van der Waals surface area contributed by atoms with Gasteiger partial charge in [0.15, 0.2) is 6.10 Å². The highest BCUT2D eigenvalue weighted by Crippen LogP contribution is 2.38. The Morgan fingerprint density at radius 3 is 1.72 bits per heavy atom. The van der Waals surface area contributed by atoms with Gasteiger partial charge in [0.2, 0.25) is 0 Å². The summed E-state index contributed by atoms with van der Waals surface area (Å²) in [6.45, 7) is 3.76. The number of hydrogen-bond donors (Lipinski definition) is 1. The lowest BCUT2D eigenvalue weighted by atomic mass is 10.1. The van der Waals surface area contributed by atoms with E-state index in [-0.39, 0.29) is 26.1 Å². The standard InChI is InChI=1S/C50H80NO9P/c1-6-8-10-12-14-15-16-17-18-19-20-21-22-26-29-33-37-41-49(53)57-45-48(46-59-61(55,56)58-44-43-51(3,4)5)60-50(54)42-38-34-30-27-24-23-25-28-32-36-40-47(52)39-35-31-13-11-9-7-2/h8-11,14-15,17-18,20-21,23-24,28,30-32,34-36,40,47-48,52H,6-7,12-13,16,19,22,25-27,29,33,37-39,41-46H2,1-5H3/b10-8-,11-9-,15-14-,18-17-,21-20-,24-23-,32-28-,34-30-,35-31-,40-36+/t47?,48-/m1/s1. The number of allylic oxidation sites excluding steroid dienone is 18. The van der Waals surface area contributed by atoms with E-state index < -0.39 is 38.6 Å². The molecule has 0 bridgehead atoms. The van der Waals surface area contributed by atoms with Gasteiger partial charge in [0.1, 0.15) is 19.8 Å². The number of nitrogens with zero attached hydrogens (tertiary/aromatic N) is 1. The highest BCUT2D eigenvalue weighted by molar-refractivity contribution is 7.45. The van der Waals surface area contributed by atoms with E-state index in [1.807, 2.05) is 69.8 Å². The number of phosphoric ester groups is 1. The summed E-state index contributed by atoms with van der Waals surface area (Å²) < 4.78 is 33.7. The van der Waals surface area contributed by atoms with E-state index in [4.69, 9.17) is 18.5 Å². The normalized spacial score (nSPS) is 15.2. The Bertz CT molecular complexity index is 1460. The molecule has 0 radical (unpaired) electrons. The first-order valence-corrected chi connectivity index (χ1v) is 23.8. The Labute approximate surface area is 370 Å². The fraction of sp³-hybridized carbons (Fsp3) is 0.560. The molecule has 0 spiro atoms. The fourth-order valence-electron chi connectivity index (χ4n) is 5.11. The average Bonchev–Trinajstić information content (AvgIpc) is 3.21. The number of esters is 2. The lowest BCUT2D eigenvalue weighted by Gasteiger charge is -2.28. The van der Waals surface area contributed by atoms with E-state index in [0.29, 0.717) is 36.7 Å². The Morgan fingerprint density at radius 1 is 0.607 bits per heavy atom. The van der Waals surface area contributed by atoms with Crippen LogP contribution in [0.4, 0.5) is 0 Å². The molecule has 344 valence electrons. The minimum absolute atomic E-state index is 0.0627. The maximum absolute atomic E-state index is 12.7. The van der Waals surface area contributed by atoms with Gasteiger partial charge in [-0.1, -0.05) is 148 Å². The molecule has 0 aromatic rings. The molecule has 0 heterocycles. The van der Waals surface area contributed by atoms with Gasteiger partial charge in [0, 0.05) is 12.8 Å². The number of quaternary nitrogens is 1. The molecule has 2 unspecified atom stereocenters. The van der Waals surface area contributed by atoms with Crippen LogP contribution >= 0.6 is 7.82 Å². The third kappa shape index (κ3) is 44.2. The van der Waals surface area contributed by atoms with Gasteiger partial charge in [-0.2, -0.15) is 0 Å². The summed E-state index contributed by atoms with van der Waals surface area (Å²) in [4.78, 5) is 37.5. The van der Waals surface area contributed by atoms with E-state index in [9.17, 15) is 24.2 Å². The van der Waals surface area contributed by atoms with Crippen LogP contribution in [0.15, 0.2) is 122 Å². The first-order chi connectivity index (χ1) is 29.4. The quantitative estimate of drug-likeness (QED) is 0.0161. The molecule has 0 aromatic carbocycles. The molecule has 0 amide bonds. The topological polar surface area (TPSA) is 131 Å². The van der Waals surface area contributed by atoms with Gasteiger partial charge < -0.3 is 33.0 Å². The molecule has 0 aliphatic rings. The number of carbonyl (C=O) groups is 2. The van der Waals surface area contributed by atoms with Crippen molar-refractivity contribution in [1.29, 1.82) is 0 Å². The highest BCUT2D eigenvalue weighted by atomic mass is 31.2. The fourth-order valence-corrected chi connectivity index (χ4v) is 5.83. The molecule has 61 heavy (non-hydrogen) atoms. The van der Waals surface area contributed by atoms with Gasteiger partial charge in [0.25, 0.3) is 7.82 Å². The second kappa shape index (κ2) is 40.4. The van der Waals surface area contributed by atoms with E-state index in [1.54, 1.807) is 6.08 Å². The van der Waals surface area contributed by atoms with Crippen LogP contribution in [0.2, 0.25) is 0 Å². The first kappa shape index (κ1) is 57.4. The molecule has 11 heteroatoms. The second-order valence-electron chi connectivity index (χ2n) is 15.5. The zero-order chi connectivity index (χ0) is 45.1. The monoisotopic (exact) mass is 870 g/mol. The van der Waals surface area contributed by atoms with Crippen molar-refractivity contribution in [1.82, 2.24) is 0 Å². The van der Waals surface area contributed by atoms with Crippen molar-refractivity contribution in [3.63, 3.8) is 0 Å². The maximum atomic E-state index is 12.7. The predicted molar refractivity (Wildman–Crippen MR) is 250 cm³/mol. The van der Waals surface area contributed by atoms with Crippen molar-refractivity contribution in [2.45, 2.75) is 135 Å². The minimum Gasteiger partial charge on any atom is -0.756 e. The molecule has 0 aliphatic carbocycles. The third-order valence-electron chi connectivity index (χ3n) is 8.57. The van der Waals surface area contributed by atoms with E-state index in [0.717, 1.165) is 70.6 Å². The van der Waals surface area contributed by atoms with Crippen molar-refractivity contribution in [2.75, 3.05) is 47.5 Å². The van der Waals surface area contributed by atoms with Crippen LogP contribution in [0.5, 0.6) is 0 Å². The molecular formula is C50H80NO9P. The van der Waals surface area contributed by atoms with Gasteiger partial charge in [-0.05, 0) is 83.5 Å². The van der Waals surface area contributed by atoms with Crippen LogP contribution < -0.4 is 4.89 Å². The Balaban J connectivity index is 4.61. The molecule has 3 atom stereocenters. The van der Waals surface area contributed by atoms with Crippen LogP contribution in [-0.4, -0.2) is 81.2 Å². The van der Waals surface area contributed by atoms with Crippen LogP contribution in [0.25, 0.3) is 0 Å². The van der Waals surface area contributed by atoms with Gasteiger partial charge in [-0.15, -0.1) is 0 Å². The van der Waals surface area contributed by atoms with Gasteiger partial charge in [-0.25, -0.2) is 0 Å². The molecule has 10 nitrogen and oxygen atoms in total. The van der Waals surface area contributed by atoms with Crippen molar-refractivity contribution in [3.8, 4) is 0 Å². The molecule has 1 N–H and O–H groups in total. The smallest absolute Gasteiger partial charge is 0.306 e. The lowest BCUT2D eigenvalue weighted by molar-refractivity contribution is -0.870. The summed E-state index contributed by atoms with van der Waals surface area (Å²) in [6, 6.07) is 0. The van der Waals surface area contributed by atoms with Crippen molar-refractivity contribution in [3.05, 3.63) is 122 Å². The summed E-state index contributed by atoms with van der Waals surface area (Å²) in [7, 11) is 1.05. The summed E-state index contributed by atoms with van der Waals surface area (Å²) in [6.07, 6.45) is 52.7. The number of ether oxygens (including phenoxy) is 2. The number of rotatable bonds is 38. The largest absolute Gasteiger partial charge is 0.756 e. The number of likely N-dealkylation sites (N-methyl/N-ethyl adjacent to an activating group) is 1. The van der Waals surface area contributed by atoms with Crippen molar-refractivity contribution in [2.24, 2.45) is 0 Å². The molecule has 0 aliphatic heterocycles. The van der Waals surface area contributed by atoms with Gasteiger partial charge in [0.05, 0.1) is 33.9 Å². The van der Waals surface area contributed by atoms with E-state index >= 15 is 0 Å². The summed E-state index contributed by atoms with van der Waals surface area (Å²) >= 11 is 0. The van der Waals surface area contributed by atoms with Crippen LogP contribution in [0, 0.1) is 0 Å². The van der Waals surface area contributed by atoms with Crippen molar-refractivity contribution >= 4 is 19.8 Å². The molecule has 0 fully saturated rings. The minimum atomic E-state index is -4.67. The number of hydrogen-bond acceptors (Lipinski definition) is 9. The second-order valence-corrected chi connectivity index (χ2v) is 16.9. The number of phosphoric acid groups is 1. The highest BCUT2D eigenvalue weighted by Gasteiger charge is 2.21. The van der Waals surface area contributed by atoms with Crippen molar-refractivity contribution < 1.29 is 47.2 Å². The Morgan fingerprint density at radius 2 is 1.13 bits per heavy atom. The van der Waals surface area contributed by atoms with Gasteiger partial charge >= 0.3 is 11.9 Å². The maximum Gasteiger partial charge on any atom is 0.306 e. The summed E-state index contributed by atoms with van der Waals surface area (Å²) in [5.41, 5.74) is 0. The summed E-state index contributed by atoms with van der Waals surface area (Å²) in [5.74, 6) is -1.01. The number of aliphatic hydroxyl groups excluding tert-OH is 1. The number of unbranched alkanes of at least 4 members (excludes halogenated alkanes) is 4. The Kier molecular flexibility index (Phi) is 38.0. The van der Waals surface area contributed by atoms with Gasteiger partial charge in [-0.3, -0.25) is 14.2 Å². The van der Waals surface area contributed by atoms with Crippen LogP contribution in [0.3, 0.4) is 0 Å². The SMILES string of the molecule is CC/C=C\C/C=C\C/C=C\C/C=C\CCCCCCC(=O)OC[C@H](COP(=O)([O-])OCC[N+](C)(C)C)OC(=O)CC/C=C\C/C=C\C/C=C\C=C\C(O)C/C=C\C/C=C\CC. The summed E-state index contributed by atoms with van der Waals surface area (Å²) in [5, 5.41) is 10.0. The predicted octanol–water partition coefficient (Wildman–Crippen LogP) is 11.2. The zero-order valence-electron chi connectivity index (χ0n) is 38.2. The lowest BCUT2D eigenvalue weighted by Crippen LogP contribution is -2.37. The molecule has 0 saturated heterocycles. The van der Waals surface area contributed by atoms with Crippen LogP contribution in [-0.2, 0) is 32.7 Å². The number of carbonyl (C=O) groups excluding carboxylic acids is 2. The third-order valence-corrected chi connectivity index (χ3v) is 9.54. The number of aliphatic hydroxyl groups is 1. The molecule has 0 aromatic heterocycles. The van der Waals surface area contributed by atoms with E-state index in [1.165, 1.54) is 0 Å². The first-order valence-electron chi connectivity index (χ1n) is 22.4. The molecule has 0 rings (SSSR count). The average molecular weight is 870 g/mol.